The molecule has 4 N–H and O–H groups in total. The summed E-state index contributed by atoms with van der Waals surface area (Å²) in [5, 5.41) is 19.5. The first kappa shape index (κ1) is 56.0. The van der Waals surface area contributed by atoms with Crippen LogP contribution in [0.4, 0.5) is 0 Å². The molecule has 74 heavy (non-hydrogen) atoms. The van der Waals surface area contributed by atoms with Crippen molar-refractivity contribution in [1.82, 2.24) is 25.8 Å². The molecule has 4 aromatic carbocycles. The van der Waals surface area contributed by atoms with Crippen LogP contribution in [0.25, 0.3) is 11.1 Å². The second-order valence-corrected chi connectivity index (χ2v) is 20.1. The number of rotatable bonds is 29. The van der Waals surface area contributed by atoms with Gasteiger partial charge in [-0.3, -0.25) is 19.3 Å². The fourth-order valence-electron chi connectivity index (χ4n) is 10.7. The SMILES string of the molecule is CCC(=C(c1ccc(O)cc1)c1ccc(OCCN(C)C(=O)COCCOCCOCCOc2cccc(CCN3CC4CCC3C(NC(=O)C(NC(=O)C(C)NC)C3CCCCC3)C4)c2)cc1)c1ccccc1. The van der Waals surface area contributed by atoms with Crippen LogP contribution in [0.1, 0.15) is 93.9 Å². The molecule has 2 saturated carbocycles. The molecule has 5 atom stereocenters. The molecule has 0 spiro atoms. The highest BCUT2D eigenvalue weighted by Crippen LogP contribution is 2.37. The van der Waals surface area contributed by atoms with Gasteiger partial charge in [-0.1, -0.05) is 92.9 Å². The molecule has 14 nitrogen and oxygen atoms in total. The average molecular weight is 1020 g/mol. The molecule has 0 radical (unpaired) electrons. The number of fused-ring (bicyclic) bond motifs is 3. The minimum absolute atomic E-state index is 0.0214. The van der Waals surface area contributed by atoms with Gasteiger partial charge in [0.1, 0.15) is 43.1 Å². The van der Waals surface area contributed by atoms with E-state index in [9.17, 15) is 19.5 Å². The number of hydrogen-bond acceptors (Lipinski definition) is 11. The fourth-order valence-corrected chi connectivity index (χ4v) is 10.7. The Morgan fingerprint density at radius 1 is 0.730 bits per heavy atom. The van der Waals surface area contributed by atoms with E-state index in [0.717, 1.165) is 92.5 Å². The summed E-state index contributed by atoms with van der Waals surface area (Å²) in [7, 11) is 3.51. The first-order valence-corrected chi connectivity index (χ1v) is 27.1. The van der Waals surface area contributed by atoms with Gasteiger partial charge in [-0.25, -0.2) is 0 Å². The molecule has 2 bridgehead atoms. The molecule has 4 aromatic rings. The molecule has 400 valence electrons. The lowest BCUT2D eigenvalue weighted by molar-refractivity contribution is -0.135. The molecule has 2 aliphatic heterocycles. The summed E-state index contributed by atoms with van der Waals surface area (Å²) in [4.78, 5) is 43.7. The molecular formula is C60H81N5O9. The van der Waals surface area contributed by atoms with Gasteiger partial charge in [-0.05, 0) is 141 Å². The van der Waals surface area contributed by atoms with Crippen molar-refractivity contribution in [1.29, 1.82) is 0 Å². The van der Waals surface area contributed by atoms with Crippen LogP contribution in [-0.4, -0.2) is 143 Å². The van der Waals surface area contributed by atoms with Gasteiger partial charge in [0.25, 0.3) is 0 Å². The predicted octanol–water partition coefficient (Wildman–Crippen LogP) is 7.91. The number of aromatic hydroxyl groups is 1. The van der Waals surface area contributed by atoms with Crippen molar-refractivity contribution in [2.24, 2.45) is 11.8 Å². The number of likely N-dealkylation sites (N-methyl/N-ethyl adjacent to an activating group) is 2. The zero-order valence-corrected chi connectivity index (χ0v) is 44.2. The maximum atomic E-state index is 13.9. The van der Waals surface area contributed by atoms with E-state index in [2.05, 4.69) is 64.2 Å². The van der Waals surface area contributed by atoms with Crippen LogP contribution < -0.4 is 25.4 Å². The maximum absolute atomic E-state index is 13.9. The molecule has 2 aliphatic carbocycles. The van der Waals surface area contributed by atoms with E-state index in [1.165, 1.54) is 24.0 Å². The normalized spacial score (nSPS) is 19.0. The second kappa shape index (κ2) is 29.4. The quantitative estimate of drug-likeness (QED) is 0.0309. The Bertz CT molecular complexity index is 2380. The number of hydrogen-bond donors (Lipinski definition) is 4. The summed E-state index contributed by atoms with van der Waals surface area (Å²) < 4.78 is 29.0. The first-order chi connectivity index (χ1) is 36.1. The summed E-state index contributed by atoms with van der Waals surface area (Å²) >= 11 is 0. The number of piperidine rings is 2. The van der Waals surface area contributed by atoms with Crippen molar-refractivity contribution in [3.8, 4) is 17.2 Å². The smallest absolute Gasteiger partial charge is 0.248 e. The van der Waals surface area contributed by atoms with Crippen molar-refractivity contribution in [3.63, 3.8) is 0 Å². The van der Waals surface area contributed by atoms with Gasteiger partial charge in [0, 0.05) is 32.2 Å². The van der Waals surface area contributed by atoms with Crippen LogP contribution in [0.15, 0.2) is 103 Å². The Hall–Kier alpha value is -5.77. The summed E-state index contributed by atoms with van der Waals surface area (Å²) in [6.07, 6.45) is 10.3. The summed E-state index contributed by atoms with van der Waals surface area (Å²) in [5.74, 6) is 2.20. The van der Waals surface area contributed by atoms with Crippen LogP contribution in [0.2, 0.25) is 0 Å². The third kappa shape index (κ3) is 16.6. The summed E-state index contributed by atoms with van der Waals surface area (Å²) in [6, 6.07) is 33.5. The van der Waals surface area contributed by atoms with Gasteiger partial charge in [-0.15, -0.1) is 0 Å². The molecule has 5 unspecified atom stereocenters. The lowest BCUT2D eigenvalue weighted by Gasteiger charge is -2.50. The number of phenolic OH excluding ortho intramolecular Hbond substituents is 1. The number of benzene rings is 4. The third-order valence-corrected chi connectivity index (χ3v) is 15.0. The first-order valence-electron chi connectivity index (χ1n) is 27.1. The minimum Gasteiger partial charge on any atom is -0.508 e. The highest BCUT2D eigenvalue weighted by Gasteiger charge is 2.43. The maximum Gasteiger partial charge on any atom is 0.248 e. The molecule has 4 aliphatic rings. The largest absolute Gasteiger partial charge is 0.508 e. The Morgan fingerprint density at radius 2 is 1.41 bits per heavy atom. The highest BCUT2D eigenvalue weighted by atomic mass is 16.6. The monoisotopic (exact) mass is 1020 g/mol. The zero-order chi connectivity index (χ0) is 52.1. The molecule has 2 saturated heterocycles. The number of amides is 3. The average Bonchev–Trinajstić information content (AvgIpc) is 3.43. The second-order valence-electron chi connectivity index (χ2n) is 20.1. The third-order valence-electron chi connectivity index (χ3n) is 15.0. The van der Waals surface area contributed by atoms with Crippen molar-refractivity contribution in [2.45, 2.75) is 102 Å². The van der Waals surface area contributed by atoms with Gasteiger partial charge in [0.2, 0.25) is 17.7 Å². The van der Waals surface area contributed by atoms with Gasteiger partial charge in [-0.2, -0.15) is 0 Å². The van der Waals surface area contributed by atoms with E-state index in [1.54, 1.807) is 31.1 Å². The zero-order valence-electron chi connectivity index (χ0n) is 44.2. The van der Waals surface area contributed by atoms with E-state index in [0.29, 0.717) is 70.5 Å². The van der Waals surface area contributed by atoms with Gasteiger partial charge < -0.3 is 49.6 Å². The number of ether oxygens (including phenoxy) is 5. The van der Waals surface area contributed by atoms with Gasteiger partial charge >= 0.3 is 0 Å². The Balaban J connectivity index is 0.733. The number of nitrogens with zero attached hydrogens (tertiary/aromatic N) is 2. The van der Waals surface area contributed by atoms with Crippen LogP contribution in [-0.2, 0) is 35.0 Å². The van der Waals surface area contributed by atoms with Crippen molar-refractivity contribution in [2.75, 3.05) is 86.6 Å². The topological polar surface area (TPSA) is 160 Å². The molecule has 0 aromatic heterocycles. The Kier molecular flexibility index (Phi) is 22.2. The molecule has 8 rings (SSSR count). The molecule has 3 amide bonds. The van der Waals surface area contributed by atoms with Crippen LogP contribution in [0, 0.1) is 11.8 Å². The molecular weight excluding hydrogens is 935 g/mol. The van der Waals surface area contributed by atoms with Crippen molar-refractivity contribution in [3.05, 3.63) is 125 Å². The van der Waals surface area contributed by atoms with Crippen molar-refractivity contribution >= 4 is 28.9 Å². The number of allylic oxidation sites excluding steroid dienone is 1. The Morgan fingerprint density at radius 3 is 2.09 bits per heavy atom. The number of carbonyl (C=O) groups is 3. The fraction of sp³-hybridized carbons (Fsp3) is 0.517. The van der Waals surface area contributed by atoms with E-state index in [4.69, 9.17) is 23.7 Å². The van der Waals surface area contributed by atoms with Crippen molar-refractivity contribution < 1.29 is 43.2 Å². The van der Waals surface area contributed by atoms with E-state index in [1.807, 2.05) is 61.5 Å². The summed E-state index contributed by atoms with van der Waals surface area (Å²) in [5.41, 5.74) is 6.74. The minimum atomic E-state index is -0.492. The number of carbonyl (C=O) groups excluding carboxylic acids is 3. The summed E-state index contributed by atoms with van der Waals surface area (Å²) in [6.45, 7) is 8.96. The van der Waals surface area contributed by atoms with E-state index < -0.39 is 6.04 Å². The Labute approximate surface area is 439 Å². The number of nitrogens with one attached hydrogen (secondary N) is 3. The standard InChI is InChI=1S/C60H81N5O9/c1-5-53(46-14-8-6-9-15-46)57(47-20-24-50(66)25-21-47)48-22-26-51(27-23-48)73-32-31-64(4)56(67)42-72-36-35-70-33-34-71-37-38-74-52-18-12-13-44(39-52)29-30-65-41-45-19-28-55(65)54(40-45)62-60(69)58(49-16-10-7-11-17-49)63-59(68)43(2)61-3/h6,8-9,12-15,18,20-27,39,43,45,49,54-55,58,61,66H,5,7,10-11,16-17,19,28-38,40-42H2,1-4H3,(H,62,69)(H,63,68). The van der Waals surface area contributed by atoms with Crippen LogP contribution in [0.5, 0.6) is 17.2 Å². The molecule has 4 fully saturated rings. The van der Waals surface area contributed by atoms with Crippen LogP contribution in [0.3, 0.4) is 0 Å². The highest BCUT2D eigenvalue weighted by molar-refractivity contribution is 5.98. The van der Waals surface area contributed by atoms with Crippen LogP contribution >= 0.6 is 0 Å². The van der Waals surface area contributed by atoms with E-state index in [-0.39, 0.29) is 48.1 Å². The number of phenols is 1. The lowest BCUT2D eigenvalue weighted by Crippen LogP contribution is -2.64. The van der Waals surface area contributed by atoms with E-state index >= 15 is 0 Å². The molecule has 14 heteroatoms. The van der Waals surface area contributed by atoms with Gasteiger partial charge in [0.15, 0.2) is 0 Å². The predicted molar refractivity (Wildman–Crippen MR) is 290 cm³/mol. The lowest BCUT2D eigenvalue weighted by atomic mass is 9.76. The molecule has 2 heterocycles. The van der Waals surface area contributed by atoms with Gasteiger partial charge in [0.05, 0.1) is 45.6 Å².